The van der Waals surface area contributed by atoms with Crippen molar-refractivity contribution in [1.82, 2.24) is 4.90 Å². The van der Waals surface area contributed by atoms with Crippen LogP contribution < -0.4 is 0 Å². The van der Waals surface area contributed by atoms with Crippen LogP contribution in [0.2, 0.25) is 0 Å². The van der Waals surface area contributed by atoms with Crippen molar-refractivity contribution in [2.24, 2.45) is 0 Å². The summed E-state index contributed by atoms with van der Waals surface area (Å²) in [6.45, 7) is 1.74. The summed E-state index contributed by atoms with van der Waals surface area (Å²) >= 11 is 0. The van der Waals surface area contributed by atoms with Gasteiger partial charge < -0.3 is 9.64 Å². The van der Waals surface area contributed by atoms with Crippen LogP contribution in [0.1, 0.15) is 18.5 Å². The molecule has 0 N–H and O–H groups in total. The lowest BCUT2D eigenvalue weighted by Gasteiger charge is -2.34. The topological polar surface area (TPSA) is 46.6 Å². The van der Waals surface area contributed by atoms with Crippen LogP contribution in [0.4, 0.5) is 0 Å². The van der Waals surface area contributed by atoms with Crippen molar-refractivity contribution in [1.29, 1.82) is 0 Å². The normalized spacial score (nSPS) is 20.4. The summed E-state index contributed by atoms with van der Waals surface area (Å²) in [4.78, 5) is 24.1. The molecule has 1 amide bonds. The van der Waals surface area contributed by atoms with Crippen LogP contribution in [-0.4, -0.2) is 29.9 Å². The van der Waals surface area contributed by atoms with Crippen molar-refractivity contribution < 1.29 is 14.3 Å². The van der Waals surface area contributed by atoms with Crippen LogP contribution in [0.15, 0.2) is 30.3 Å². The first-order valence-electron chi connectivity index (χ1n) is 5.16. The van der Waals surface area contributed by atoms with Gasteiger partial charge in [-0.3, -0.25) is 9.59 Å². The third-order valence-electron chi connectivity index (χ3n) is 2.67. The van der Waals surface area contributed by atoms with Gasteiger partial charge in [-0.05, 0) is 5.56 Å². The minimum atomic E-state index is -0.345. The van der Waals surface area contributed by atoms with E-state index >= 15 is 0 Å². The molecule has 0 saturated carbocycles. The number of ether oxygens (including phenoxy) is 1. The molecule has 0 radical (unpaired) electrons. The second-order valence-electron chi connectivity index (χ2n) is 3.76. The van der Waals surface area contributed by atoms with Crippen molar-refractivity contribution in [3.8, 4) is 0 Å². The Labute approximate surface area is 93.8 Å². The molecule has 84 valence electrons. The maximum absolute atomic E-state index is 11.4. The molecule has 1 saturated heterocycles. The molecule has 0 aromatic heterocycles. The molecular weight excluding hydrogens is 206 g/mol. The highest BCUT2D eigenvalue weighted by atomic mass is 16.5. The van der Waals surface area contributed by atoms with Crippen molar-refractivity contribution >= 4 is 11.9 Å². The predicted octanol–water partition coefficient (Wildman–Crippen LogP) is 1.13. The molecule has 1 aliphatic rings. The Hall–Kier alpha value is -1.84. The zero-order valence-electron chi connectivity index (χ0n) is 9.05. The second kappa shape index (κ2) is 4.35. The number of nitrogens with zero attached hydrogens (tertiary/aromatic N) is 1. The summed E-state index contributed by atoms with van der Waals surface area (Å²) in [7, 11) is 0. The van der Waals surface area contributed by atoms with Crippen molar-refractivity contribution in [2.75, 3.05) is 13.2 Å². The van der Waals surface area contributed by atoms with Gasteiger partial charge >= 0.3 is 5.97 Å². The number of hydrogen-bond acceptors (Lipinski definition) is 3. The Morgan fingerprint density at radius 3 is 2.69 bits per heavy atom. The van der Waals surface area contributed by atoms with E-state index in [2.05, 4.69) is 0 Å². The van der Waals surface area contributed by atoms with Gasteiger partial charge in [-0.25, -0.2) is 0 Å². The fraction of sp³-hybridized carbons (Fsp3) is 0.333. The number of cyclic esters (lactones) is 1. The van der Waals surface area contributed by atoms with E-state index in [-0.39, 0.29) is 31.1 Å². The molecule has 0 bridgehead atoms. The van der Waals surface area contributed by atoms with Gasteiger partial charge in [-0.2, -0.15) is 0 Å². The number of benzene rings is 1. The second-order valence-corrected chi connectivity index (χ2v) is 3.76. The molecule has 2 rings (SSSR count). The summed E-state index contributed by atoms with van der Waals surface area (Å²) in [5.41, 5.74) is 0.991. The lowest BCUT2D eigenvalue weighted by Crippen LogP contribution is -2.44. The quantitative estimate of drug-likeness (QED) is 0.665. The van der Waals surface area contributed by atoms with E-state index in [1.165, 1.54) is 6.92 Å². The number of esters is 1. The van der Waals surface area contributed by atoms with Crippen LogP contribution in [0.3, 0.4) is 0 Å². The molecule has 1 fully saturated rings. The number of morpholine rings is 1. The largest absolute Gasteiger partial charge is 0.462 e. The number of carbonyl (C=O) groups is 2. The van der Waals surface area contributed by atoms with Crippen molar-refractivity contribution in [3.63, 3.8) is 0 Å². The fourth-order valence-corrected chi connectivity index (χ4v) is 1.84. The van der Waals surface area contributed by atoms with Gasteiger partial charge in [0.15, 0.2) is 0 Å². The predicted molar refractivity (Wildman–Crippen MR) is 57.5 cm³/mol. The van der Waals surface area contributed by atoms with Gasteiger partial charge in [0.05, 0.1) is 6.04 Å². The number of amides is 1. The van der Waals surface area contributed by atoms with E-state index in [0.717, 1.165) is 5.56 Å². The van der Waals surface area contributed by atoms with E-state index in [9.17, 15) is 9.59 Å². The summed E-state index contributed by atoms with van der Waals surface area (Å²) in [5.74, 6) is -0.451. The van der Waals surface area contributed by atoms with E-state index in [0.29, 0.717) is 0 Å². The first-order valence-corrected chi connectivity index (χ1v) is 5.16. The Morgan fingerprint density at radius 2 is 2.06 bits per heavy atom. The van der Waals surface area contributed by atoms with Gasteiger partial charge in [0, 0.05) is 6.92 Å². The van der Waals surface area contributed by atoms with Gasteiger partial charge in [-0.1, -0.05) is 30.3 Å². The molecule has 4 heteroatoms. The summed E-state index contributed by atoms with van der Waals surface area (Å²) < 4.78 is 4.99. The molecule has 16 heavy (non-hydrogen) atoms. The smallest absolute Gasteiger partial charge is 0.325 e. The molecule has 4 nitrogen and oxygen atoms in total. The highest BCUT2D eigenvalue weighted by Gasteiger charge is 2.30. The Bertz CT molecular complexity index is 402. The summed E-state index contributed by atoms with van der Waals surface area (Å²) in [5, 5.41) is 0. The maximum atomic E-state index is 11.4. The van der Waals surface area contributed by atoms with E-state index in [1.54, 1.807) is 4.90 Å². The van der Waals surface area contributed by atoms with Crippen LogP contribution in [-0.2, 0) is 14.3 Å². The minimum Gasteiger partial charge on any atom is -0.462 e. The van der Waals surface area contributed by atoms with Crippen molar-refractivity contribution in [2.45, 2.75) is 13.0 Å². The molecule has 1 heterocycles. The zero-order valence-corrected chi connectivity index (χ0v) is 9.05. The van der Waals surface area contributed by atoms with E-state index in [1.807, 2.05) is 30.3 Å². The van der Waals surface area contributed by atoms with Crippen LogP contribution in [0, 0.1) is 0 Å². The molecule has 1 aromatic rings. The summed E-state index contributed by atoms with van der Waals surface area (Å²) in [6, 6.07) is 9.43. The molecule has 1 atom stereocenters. The molecule has 0 spiro atoms. The first-order chi connectivity index (χ1) is 7.68. The average Bonchev–Trinajstić information content (AvgIpc) is 2.30. The SMILES string of the molecule is CC(=O)N1CC(=O)OCC1c1ccccc1. The van der Waals surface area contributed by atoms with Gasteiger partial charge in [0.25, 0.3) is 0 Å². The Kier molecular flexibility index (Phi) is 2.90. The van der Waals surface area contributed by atoms with Crippen LogP contribution >= 0.6 is 0 Å². The number of rotatable bonds is 1. The third-order valence-corrected chi connectivity index (χ3v) is 2.67. The Balaban J connectivity index is 2.25. The lowest BCUT2D eigenvalue weighted by atomic mass is 10.1. The highest BCUT2D eigenvalue weighted by Crippen LogP contribution is 2.24. The fourth-order valence-electron chi connectivity index (χ4n) is 1.84. The minimum absolute atomic E-state index is 0.0366. The average molecular weight is 219 g/mol. The third kappa shape index (κ3) is 2.05. The van der Waals surface area contributed by atoms with Crippen LogP contribution in [0.25, 0.3) is 0 Å². The standard InChI is InChI=1S/C12H13NO3/c1-9(14)13-7-12(15)16-8-11(13)10-5-3-2-4-6-10/h2-6,11H,7-8H2,1H3. The Morgan fingerprint density at radius 1 is 1.38 bits per heavy atom. The van der Waals surface area contributed by atoms with Crippen molar-refractivity contribution in [3.05, 3.63) is 35.9 Å². The lowest BCUT2D eigenvalue weighted by molar-refractivity contribution is -0.161. The monoisotopic (exact) mass is 219 g/mol. The van der Waals surface area contributed by atoms with Gasteiger partial charge in [0.2, 0.25) is 5.91 Å². The maximum Gasteiger partial charge on any atom is 0.325 e. The first kappa shape index (κ1) is 10.7. The number of carbonyl (C=O) groups excluding carboxylic acids is 2. The molecule has 1 aliphatic heterocycles. The van der Waals surface area contributed by atoms with E-state index in [4.69, 9.17) is 4.74 Å². The van der Waals surface area contributed by atoms with Gasteiger partial charge in [-0.15, -0.1) is 0 Å². The number of hydrogen-bond donors (Lipinski definition) is 0. The van der Waals surface area contributed by atoms with E-state index < -0.39 is 0 Å². The van der Waals surface area contributed by atoms with Crippen LogP contribution in [0.5, 0.6) is 0 Å². The zero-order chi connectivity index (χ0) is 11.5. The van der Waals surface area contributed by atoms with Gasteiger partial charge in [0.1, 0.15) is 13.2 Å². The highest BCUT2D eigenvalue weighted by molar-refractivity contribution is 5.82. The molecule has 1 aromatic carbocycles. The molecular formula is C12H13NO3. The molecule has 0 aliphatic carbocycles. The summed E-state index contributed by atoms with van der Waals surface area (Å²) in [6.07, 6.45) is 0. The molecule has 1 unspecified atom stereocenters.